The molecule has 0 aromatic rings. The molecule has 0 aliphatic rings. The van der Waals surface area contributed by atoms with Gasteiger partial charge in [-0.05, 0) is 20.8 Å². The van der Waals surface area contributed by atoms with E-state index in [4.69, 9.17) is 16.2 Å². The van der Waals surface area contributed by atoms with Crippen molar-refractivity contribution in [1.82, 2.24) is 0 Å². The first-order valence-corrected chi connectivity index (χ1v) is 4.46. The Labute approximate surface area is 101 Å². The van der Waals surface area contributed by atoms with E-state index in [1.54, 1.807) is 20.8 Å². The molecule has 0 aromatic carbocycles. The summed E-state index contributed by atoms with van der Waals surface area (Å²) in [6, 6.07) is 0. The summed E-state index contributed by atoms with van der Waals surface area (Å²) in [6.45, 7) is 5.12. The van der Waals surface area contributed by atoms with Crippen LogP contribution in [0.25, 0.3) is 0 Å². The molecule has 96 valence electrons. The predicted octanol–water partition coefficient (Wildman–Crippen LogP) is -0.0733. The number of rotatable bonds is 3. The lowest BCUT2D eigenvalue weighted by molar-refractivity contribution is -0.161. The zero-order valence-corrected chi connectivity index (χ0v) is 10.7. The maximum atomic E-state index is 11.3. The highest BCUT2D eigenvalue weighted by atomic mass is 35.5. The van der Waals surface area contributed by atoms with E-state index in [2.05, 4.69) is 4.74 Å². The van der Waals surface area contributed by atoms with E-state index in [0.29, 0.717) is 0 Å². The Kier molecular flexibility index (Phi) is 6.61. The van der Waals surface area contributed by atoms with Crippen LogP contribution < -0.4 is 11.5 Å². The van der Waals surface area contributed by atoms with Crippen molar-refractivity contribution in [1.29, 1.82) is 0 Å². The summed E-state index contributed by atoms with van der Waals surface area (Å²) in [5, 5.41) is 0. The molecule has 0 bridgehead atoms. The Morgan fingerprint density at radius 1 is 1.19 bits per heavy atom. The quantitative estimate of drug-likeness (QED) is 0.539. The van der Waals surface area contributed by atoms with Crippen LogP contribution in [0.15, 0.2) is 0 Å². The van der Waals surface area contributed by atoms with Gasteiger partial charge in [0.1, 0.15) is 5.60 Å². The van der Waals surface area contributed by atoms with Crippen LogP contribution in [0, 0.1) is 0 Å². The largest absolute Gasteiger partial charge is 0.467 e. The number of carbonyl (C=O) groups is 2. The van der Waals surface area contributed by atoms with Gasteiger partial charge in [-0.1, -0.05) is 0 Å². The van der Waals surface area contributed by atoms with E-state index >= 15 is 0 Å². The normalized spacial score (nSPS) is 11.4. The van der Waals surface area contributed by atoms with Crippen LogP contribution in [0.3, 0.4) is 0 Å². The molecule has 0 radical (unpaired) electrons. The van der Waals surface area contributed by atoms with Gasteiger partial charge in [-0.2, -0.15) is 0 Å². The molecule has 16 heavy (non-hydrogen) atoms. The summed E-state index contributed by atoms with van der Waals surface area (Å²) in [4.78, 5) is 22.4. The van der Waals surface area contributed by atoms with Gasteiger partial charge < -0.3 is 20.9 Å². The van der Waals surface area contributed by atoms with Crippen molar-refractivity contribution >= 4 is 24.3 Å². The van der Waals surface area contributed by atoms with Gasteiger partial charge in [0.25, 0.3) is 0 Å². The molecule has 0 saturated heterocycles. The number of methoxy groups -OCH3 is 1. The molecule has 0 spiro atoms. The van der Waals surface area contributed by atoms with Crippen LogP contribution in [0.5, 0.6) is 0 Å². The molecule has 0 aliphatic heterocycles. The first-order valence-electron chi connectivity index (χ1n) is 4.46. The third-order valence-corrected chi connectivity index (χ3v) is 1.42. The van der Waals surface area contributed by atoms with Crippen LogP contribution in [0.1, 0.15) is 27.2 Å². The second kappa shape index (κ2) is 6.03. The molecule has 0 amide bonds. The van der Waals surface area contributed by atoms with Crippen LogP contribution in [-0.4, -0.2) is 30.3 Å². The molecule has 0 aliphatic carbocycles. The average molecular weight is 255 g/mol. The van der Waals surface area contributed by atoms with Crippen molar-refractivity contribution in [2.45, 2.75) is 38.5 Å². The number of hydrogen-bond acceptors (Lipinski definition) is 6. The van der Waals surface area contributed by atoms with E-state index in [1.165, 1.54) is 0 Å². The molecule has 0 saturated carbocycles. The topological polar surface area (TPSA) is 105 Å². The number of ether oxygens (including phenoxy) is 2. The monoisotopic (exact) mass is 254 g/mol. The van der Waals surface area contributed by atoms with Gasteiger partial charge in [0.15, 0.2) is 5.66 Å². The van der Waals surface area contributed by atoms with Gasteiger partial charge in [0.05, 0.1) is 13.5 Å². The van der Waals surface area contributed by atoms with E-state index < -0.39 is 29.6 Å². The molecule has 0 atom stereocenters. The van der Waals surface area contributed by atoms with Crippen molar-refractivity contribution in [3.63, 3.8) is 0 Å². The first kappa shape index (κ1) is 17.5. The fraction of sp³-hybridized carbons (Fsp3) is 0.778. The standard InChI is InChI=1S/C9H18N2O4.ClH/c1-8(2,3)15-6(12)5-9(10,11)7(13)14-4;/h5,10-11H2,1-4H3;1H. The Morgan fingerprint density at radius 2 is 1.62 bits per heavy atom. The number of hydrogen-bond donors (Lipinski definition) is 2. The molecule has 0 unspecified atom stereocenters. The van der Waals surface area contributed by atoms with Crippen LogP contribution in [0.4, 0.5) is 0 Å². The van der Waals surface area contributed by atoms with Gasteiger partial charge in [-0.3, -0.25) is 4.79 Å². The lowest BCUT2D eigenvalue weighted by atomic mass is 10.1. The summed E-state index contributed by atoms with van der Waals surface area (Å²) in [7, 11) is 1.14. The van der Waals surface area contributed by atoms with Crippen molar-refractivity contribution in [3.05, 3.63) is 0 Å². The highest BCUT2D eigenvalue weighted by Crippen LogP contribution is 2.11. The number of carbonyl (C=O) groups excluding carboxylic acids is 2. The molecule has 0 rings (SSSR count). The van der Waals surface area contributed by atoms with Gasteiger partial charge in [-0.15, -0.1) is 12.4 Å². The van der Waals surface area contributed by atoms with Crippen molar-refractivity contribution in [2.24, 2.45) is 11.5 Å². The van der Waals surface area contributed by atoms with Gasteiger partial charge in [0, 0.05) is 0 Å². The summed E-state index contributed by atoms with van der Waals surface area (Å²) in [5.41, 5.74) is 8.31. The van der Waals surface area contributed by atoms with Gasteiger partial charge in [-0.25, -0.2) is 4.79 Å². The maximum absolute atomic E-state index is 11.3. The minimum atomic E-state index is -1.84. The fourth-order valence-electron chi connectivity index (χ4n) is 0.879. The van der Waals surface area contributed by atoms with Crippen molar-refractivity contribution in [2.75, 3.05) is 7.11 Å². The Morgan fingerprint density at radius 3 is 1.94 bits per heavy atom. The maximum Gasteiger partial charge on any atom is 0.341 e. The van der Waals surface area contributed by atoms with E-state index in [0.717, 1.165) is 7.11 Å². The minimum absolute atomic E-state index is 0. The summed E-state index contributed by atoms with van der Waals surface area (Å²) in [5.74, 6) is -1.49. The molecule has 0 aromatic heterocycles. The molecular weight excluding hydrogens is 236 g/mol. The lowest BCUT2D eigenvalue weighted by Gasteiger charge is -2.24. The molecule has 0 heterocycles. The third-order valence-electron chi connectivity index (χ3n) is 1.42. The molecule has 0 fully saturated rings. The zero-order valence-electron chi connectivity index (χ0n) is 9.90. The fourth-order valence-corrected chi connectivity index (χ4v) is 0.879. The molecule has 7 heteroatoms. The first-order chi connectivity index (χ1) is 6.58. The number of nitrogens with two attached hydrogens (primary N) is 2. The number of esters is 2. The van der Waals surface area contributed by atoms with Crippen LogP contribution in [0.2, 0.25) is 0 Å². The smallest absolute Gasteiger partial charge is 0.341 e. The lowest BCUT2D eigenvalue weighted by Crippen LogP contribution is -2.58. The predicted molar refractivity (Wildman–Crippen MR) is 60.8 cm³/mol. The molecule has 6 nitrogen and oxygen atoms in total. The second-order valence-corrected chi connectivity index (χ2v) is 4.30. The molecular formula is C9H19ClN2O4. The van der Waals surface area contributed by atoms with Crippen LogP contribution in [-0.2, 0) is 19.1 Å². The zero-order chi connectivity index (χ0) is 12.3. The highest BCUT2D eigenvalue weighted by molar-refractivity contribution is 5.86. The van der Waals surface area contributed by atoms with Crippen molar-refractivity contribution < 1.29 is 19.1 Å². The third kappa shape index (κ3) is 6.60. The Balaban J connectivity index is 0. The van der Waals surface area contributed by atoms with E-state index in [-0.39, 0.29) is 12.4 Å². The SMILES string of the molecule is COC(=O)C(N)(N)CC(=O)OC(C)(C)C.Cl. The second-order valence-electron chi connectivity index (χ2n) is 4.30. The average Bonchev–Trinajstić information content (AvgIpc) is 1.97. The van der Waals surface area contributed by atoms with Gasteiger partial charge >= 0.3 is 11.9 Å². The Hall–Kier alpha value is -0.850. The summed E-state index contributed by atoms with van der Waals surface area (Å²) >= 11 is 0. The van der Waals surface area contributed by atoms with Gasteiger partial charge in [0.2, 0.25) is 0 Å². The number of halogens is 1. The van der Waals surface area contributed by atoms with Crippen molar-refractivity contribution in [3.8, 4) is 0 Å². The van der Waals surface area contributed by atoms with E-state index in [9.17, 15) is 9.59 Å². The Bertz CT molecular complexity index is 261. The summed E-state index contributed by atoms with van der Waals surface area (Å²) in [6.07, 6.45) is -0.420. The van der Waals surface area contributed by atoms with E-state index in [1.807, 2.05) is 0 Å². The summed E-state index contributed by atoms with van der Waals surface area (Å²) < 4.78 is 9.31. The minimum Gasteiger partial charge on any atom is -0.467 e. The van der Waals surface area contributed by atoms with Crippen LogP contribution >= 0.6 is 12.4 Å². The molecule has 4 N–H and O–H groups in total. The highest BCUT2D eigenvalue weighted by Gasteiger charge is 2.35.